The van der Waals surface area contributed by atoms with Crippen molar-refractivity contribution in [3.8, 4) is 0 Å². The van der Waals surface area contributed by atoms with Crippen molar-refractivity contribution >= 4 is 41.3 Å². The number of nitrogens with two attached hydrogens (primary N) is 1. The molecule has 0 bridgehead atoms. The molecule has 1 atom stereocenters. The first-order valence-electron chi connectivity index (χ1n) is 5.48. The van der Waals surface area contributed by atoms with Gasteiger partial charge in [0, 0.05) is 18.0 Å². The van der Waals surface area contributed by atoms with Crippen molar-refractivity contribution in [2.75, 3.05) is 6.54 Å². The highest BCUT2D eigenvalue weighted by Gasteiger charge is 2.10. The molecule has 17 heavy (non-hydrogen) atoms. The first kappa shape index (κ1) is 16.7. The fourth-order valence-corrected chi connectivity index (χ4v) is 2.10. The number of hydrogen-bond acceptors (Lipinski definition) is 2. The summed E-state index contributed by atoms with van der Waals surface area (Å²) in [4.78, 5) is 4.35. The Morgan fingerprint density at radius 2 is 2.18 bits per heavy atom. The summed E-state index contributed by atoms with van der Waals surface area (Å²) in [5.41, 5.74) is 7.11. The zero-order valence-electron chi connectivity index (χ0n) is 10.9. The van der Waals surface area contributed by atoms with Crippen molar-refractivity contribution in [3.05, 3.63) is 22.4 Å². The second-order valence-corrected chi connectivity index (χ2v) is 5.84. The lowest BCUT2D eigenvalue weighted by Crippen LogP contribution is -2.45. The van der Waals surface area contributed by atoms with Crippen molar-refractivity contribution in [3.63, 3.8) is 0 Å². The smallest absolute Gasteiger partial charge is 0.189 e. The van der Waals surface area contributed by atoms with Gasteiger partial charge in [-0.3, -0.25) is 4.99 Å². The van der Waals surface area contributed by atoms with Gasteiger partial charge >= 0.3 is 0 Å². The molecular weight excluding hydrogens is 345 g/mol. The number of aliphatic imine (C=N–C) groups is 1. The molecule has 1 unspecified atom stereocenters. The number of guanidine groups is 1. The Kier molecular flexibility index (Phi) is 7.08. The van der Waals surface area contributed by atoms with E-state index in [9.17, 15) is 0 Å². The summed E-state index contributed by atoms with van der Waals surface area (Å²) >= 11 is 1.72. The SMILES string of the molecule is CC(CN=C(N)NC(C)(C)C)c1ccsc1.I. The lowest BCUT2D eigenvalue weighted by atomic mass is 10.1. The minimum absolute atomic E-state index is 0. The number of hydrogen-bond donors (Lipinski definition) is 2. The predicted molar refractivity (Wildman–Crippen MR) is 87.5 cm³/mol. The van der Waals surface area contributed by atoms with Crippen LogP contribution in [0.15, 0.2) is 21.8 Å². The minimum atomic E-state index is -0.0286. The molecule has 0 saturated carbocycles. The van der Waals surface area contributed by atoms with Crippen molar-refractivity contribution in [1.82, 2.24) is 5.32 Å². The molecule has 3 nitrogen and oxygen atoms in total. The van der Waals surface area contributed by atoms with E-state index in [0.717, 1.165) is 6.54 Å². The number of nitrogens with zero attached hydrogens (tertiary/aromatic N) is 1. The number of nitrogens with one attached hydrogen (secondary N) is 1. The Bertz CT molecular complexity index is 341. The normalized spacial score (nSPS) is 14.0. The van der Waals surface area contributed by atoms with Crippen molar-refractivity contribution in [2.45, 2.75) is 39.2 Å². The third-order valence-corrected chi connectivity index (χ3v) is 2.85. The summed E-state index contributed by atoms with van der Waals surface area (Å²) < 4.78 is 0. The molecule has 0 radical (unpaired) electrons. The van der Waals surface area contributed by atoms with Crippen LogP contribution in [0.4, 0.5) is 0 Å². The zero-order valence-corrected chi connectivity index (χ0v) is 14.0. The molecule has 1 aromatic rings. The highest BCUT2D eigenvalue weighted by Crippen LogP contribution is 2.18. The van der Waals surface area contributed by atoms with E-state index < -0.39 is 0 Å². The molecule has 0 saturated heterocycles. The molecule has 0 fully saturated rings. The molecule has 0 aliphatic rings. The topological polar surface area (TPSA) is 50.4 Å². The maximum absolute atomic E-state index is 5.80. The minimum Gasteiger partial charge on any atom is -0.370 e. The summed E-state index contributed by atoms with van der Waals surface area (Å²) in [5, 5.41) is 7.40. The molecule has 0 amide bonds. The van der Waals surface area contributed by atoms with E-state index in [0.29, 0.717) is 11.9 Å². The largest absolute Gasteiger partial charge is 0.370 e. The van der Waals surface area contributed by atoms with E-state index in [1.165, 1.54) is 5.56 Å². The van der Waals surface area contributed by atoms with Crippen molar-refractivity contribution in [1.29, 1.82) is 0 Å². The van der Waals surface area contributed by atoms with Crippen LogP contribution in [0.3, 0.4) is 0 Å². The molecule has 1 rings (SSSR count). The third-order valence-electron chi connectivity index (χ3n) is 2.15. The van der Waals surface area contributed by atoms with E-state index in [4.69, 9.17) is 5.73 Å². The van der Waals surface area contributed by atoms with Gasteiger partial charge in [-0.25, -0.2) is 0 Å². The standard InChI is InChI=1S/C12H21N3S.HI/c1-9(10-5-6-16-8-10)7-14-11(13)15-12(2,3)4;/h5-6,8-9H,7H2,1-4H3,(H3,13,14,15);1H. The number of thiophene rings is 1. The first-order valence-corrected chi connectivity index (χ1v) is 6.43. The van der Waals surface area contributed by atoms with Crippen molar-refractivity contribution in [2.24, 2.45) is 10.7 Å². The van der Waals surface area contributed by atoms with Crippen LogP contribution in [-0.2, 0) is 0 Å². The quantitative estimate of drug-likeness (QED) is 0.490. The average molecular weight is 367 g/mol. The Hall–Kier alpha value is -0.300. The van der Waals surface area contributed by atoms with Gasteiger partial charge in [0.05, 0.1) is 0 Å². The lowest BCUT2D eigenvalue weighted by molar-refractivity contribution is 0.507. The van der Waals surface area contributed by atoms with Gasteiger partial charge in [-0.2, -0.15) is 11.3 Å². The maximum atomic E-state index is 5.80. The number of rotatable bonds is 3. The van der Waals surface area contributed by atoms with Crippen LogP contribution in [-0.4, -0.2) is 18.0 Å². The van der Waals surface area contributed by atoms with E-state index in [-0.39, 0.29) is 29.5 Å². The third kappa shape index (κ3) is 6.88. The van der Waals surface area contributed by atoms with Gasteiger partial charge in [0.2, 0.25) is 0 Å². The molecule has 1 heterocycles. The first-order chi connectivity index (χ1) is 7.38. The Morgan fingerprint density at radius 3 is 2.65 bits per heavy atom. The summed E-state index contributed by atoms with van der Waals surface area (Å²) in [5.74, 6) is 0.946. The second-order valence-electron chi connectivity index (χ2n) is 5.06. The summed E-state index contributed by atoms with van der Waals surface area (Å²) in [6.07, 6.45) is 0. The second kappa shape index (κ2) is 7.20. The average Bonchev–Trinajstić information content (AvgIpc) is 2.64. The number of halogens is 1. The van der Waals surface area contributed by atoms with Crippen LogP contribution in [0.2, 0.25) is 0 Å². The molecule has 98 valence electrons. The van der Waals surface area contributed by atoms with Gasteiger partial charge in [0.15, 0.2) is 5.96 Å². The van der Waals surface area contributed by atoms with Crippen LogP contribution in [0.5, 0.6) is 0 Å². The molecule has 0 spiro atoms. The molecule has 1 aromatic heterocycles. The fourth-order valence-electron chi connectivity index (χ4n) is 1.32. The van der Waals surface area contributed by atoms with E-state index in [1.807, 2.05) is 0 Å². The molecule has 0 aromatic carbocycles. The van der Waals surface area contributed by atoms with Crippen molar-refractivity contribution < 1.29 is 0 Å². The summed E-state index contributed by atoms with van der Waals surface area (Å²) in [7, 11) is 0. The molecule has 3 N–H and O–H groups in total. The summed E-state index contributed by atoms with van der Waals surface area (Å²) in [6, 6.07) is 2.14. The van der Waals surface area contributed by atoms with Crippen LogP contribution >= 0.6 is 35.3 Å². The van der Waals surface area contributed by atoms with Gasteiger partial charge < -0.3 is 11.1 Å². The van der Waals surface area contributed by atoms with E-state index >= 15 is 0 Å². The van der Waals surface area contributed by atoms with Crippen LogP contribution in [0, 0.1) is 0 Å². The van der Waals surface area contributed by atoms with E-state index in [1.54, 1.807) is 11.3 Å². The summed E-state index contributed by atoms with van der Waals surface area (Å²) in [6.45, 7) is 9.09. The lowest BCUT2D eigenvalue weighted by Gasteiger charge is -2.21. The molecule has 0 aliphatic carbocycles. The van der Waals surface area contributed by atoms with Gasteiger partial charge in [-0.1, -0.05) is 6.92 Å². The maximum Gasteiger partial charge on any atom is 0.189 e. The van der Waals surface area contributed by atoms with Gasteiger partial charge in [-0.15, -0.1) is 24.0 Å². The monoisotopic (exact) mass is 367 g/mol. The Morgan fingerprint density at radius 1 is 1.53 bits per heavy atom. The fraction of sp³-hybridized carbons (Fsp3) is 0.583. The van der Waals surface area contributed by atoms with Gasteiger partial charge in [-0.05, 0) is 43.2 Å². The van der Waals surface area contributed by atoms with Gasteiger partial charge in [0.1, 0.15) is 0 Å². The highest BCUT2D eigenvalue weighted by molar-refractivity contribution is 14.0. The highest BCUT2D eigenvalue weighted by atomic mass is 127. The Labute approximate surface area is 125 Å². The van der Waals surface area contributed by atoms with E-state index in [2.05, 4.69) is 54.8 Å². The van der Waals surface area contributed by atoms with Crippen LogP contribution in [0.25, 0.3) is 0 Å². The predicted octanol–water partition coefficient (Wildman–Crippen LogP) is 3.17. The van der Waals surface area contributed by atoms with Gasteiger partial charge in [0.25, 0.3) is 0 Å². The van der Waals surface area contributed by atoms with Crippen LogP contribution < -0.4 is 11.1 Å². The molecule has 0 aliphatic heterocycles. The molecule has 5 heteroatoms. The zero-order chi connectivity index (χ0) is 12.2. The Balaban J connectivity index is 0.00000256. The molecular formula is C12H22IN3S. The van der Waals surface area contributed by atoms with Crippen LogP contribution in [0.1, 0.15) is 39.2 Å².